The van der Waals surface area contributed by atoms with Crippen molar-refractivity contribution in [3.05, 3.63) is 34.6 Å². The van der Waals surface area contributed by atoms with Crippen molar-refractivity contribution in [1.82, 2.24) is 20.2 Å². The third-order valence-corrected chi connectivity index (χ3v) is 2.73. The first-order valence-electron chi connectivity index (χ1n) is 5.54. The van der Waals surface area contributed by atoms with Crippen LogP contribution >= 0.6 is 11.6 Å². The molecule has 1 heterocycles. The smallest absolute Gasteiger partial charge is 0.212 e. The second-order valence-corrected chi connectivity index (χ2v) is 4.15. The number of ether oxygens (including phenoxy) is 1. The van der Waals surface area contributed by atoms with Crippen LogP contribution in [0.3, 0.4) is 0 Å². The summed E-state index contributed by atoms with van der Waals surface area (Å²) in [6.45, 7) is 0.773. The van der Waals surface area contributed by atoms with Crippen molar-refractivity contribution in [2.45, 2.75) is 13.0 Å². The number of hydrogen-bond acceptors (Lipinski definition) is 5. The van der Waals surface area contributed by atoms with Gasteiger partial charge in [-0.25, -0.2) is 0 Å². The molecule has 2 aromatic rings. The molecule has 0 aliphatic carbocycles. The normalized spacial score (nSPS) is 10.6. The van der Waals surface area contributed by atoms with Gasteiger partial charge in [-0.2, -0.15) is 4.80 Å². The number of rotatable bonds is 5. The largest absolute Gasteiger partial charge is 0.485 e. The lowest BCUT2D eigenvalue weighted by molar-refractivity contribution is 0.292. The predicted molar refractivity (Wildman–Crippen MR) is 67.3 cm³/mol. The minimum atomic E-state index is 0.256. The summed E-state index contributed by atoms with van der Waals surface area (Å²) in [4.78, 5) is 1.39. The van der Waals surface area contributed by atoms with Gasteiger partial charge in [0.15, 0.2) is 6.61 Å². The molecule has 2 N–H and O–H groups in total. The van der Waals surface area contributed by atoms with E-state index in [1.165, 1.54) is 4.80 Å². The standard InChI is InChI=1S/C11H14ClN5O/c1-17-15-11(14-16-17)7-18-10-4-2-3-9(12)8(10)5-6-13/h2-4H,5-7,13H2,1H3. The van der Waals surface area contributed by atoms with Crippen molar-refractivity contribution in [3.8, 4) is 5.75 Å². The van der Waals surface area contributed by atoms with E-state index in [2.05, 4.69) is 15.4 Å². The SMILES string of the molecule is Cn1nnc(COc2cccc(Cl)c2CCN)n1. The average Bonchev–Trinajstić information content (AvgIpc) is 2.76. The average molecular weight is 268 g/mol. The topological polar surface area (TPSA) is 78.8 Å². The molecule has 0 aliphatic rings. The minimum Gasteiger partial charge on any atom is -0.485 e. The van der Waals surface area contributed by atoms with Crippen molar-refractivity contribution in [2.75, 3.05) is 6.54 Å². The minimum absolute atomic E-state index is 0.256. The maximum atomic E-state index is 6.11. The summed E-state index contributed by atoms with van der Waals surface area (Å²) in [5.41, 5.74) is 6.46. The molecule has 0 fully saturated rings. The molecule has 7 heteroatoms. The Morgan fingerprint density at radius 2 is 2.28 bits per heavy atom. The number of benzene rings is 1. The molecule has 0 atom stereocenters. The number of nitrogens with zero attached hydrogens (tertiary/aromatic N) is 4. The maximum absolute atomic E-state index is 6.11. The highest BCUT2D eigenvalue weighted by Gasteiger charge is 2.09. The number of hydrogen-bond donors (Lipinski definition) is 1. The van der Waals surface area contributed by atoms with Gasteiger partial charge in [0, 0.05) is 10.6 Å². The van der Waals surface area contributed by atoms with E-state index < -0.39 is 0 Å². The van der Waals surface area contributed by atoms with Crippen LogP contribution in [0.15, 0.2) is 18.2 Å². The summed E-state index contributed by atoms with van der Waals surface area (Å²) in [5.74, 6) is 1.23. The van der Waals surface area contributed by atoms with Crippen molar-refractivity contribution in [1.29, 1.82) is 0 Å². The Morgan fingerprint density at radius 3 is 2.94 bits per heavy atom. The predicted octanol–water partition coefficient (Wildman–Crippen LogP) is 0.944. The van der Waals surface area contributed by atoms with Gasteiger partial charge in [0.25, 0.3) is 0 Å². The maximum Gasteiger partial charge on any atom is 0.212 e. The van der Waals surface area contributed by atoms with Crippen molar-refractivity contribution in [3.63, 3.8) is 0 Å². The monoisotopic (exact) mass is 267 g/mol. The summed E-state index contributed by atoms with van der Waals surface area (Å²) >= 11 is 6.11. The second kappa shape index (κ2) is 5.79. The molecule has 6 nitrogen and oxygen atoms in total. The zero-order valence-electron chi connectivity index (χ0n) is 10.0. The highest BCUT2D eigenvalue weighted by molar-refractivity contribution is 6.31. The van der Waals surface area contributed by atoms with E-state index in [0.29, 0.717) is 29.6 Å². The van der Waals surface area contributed by atoms with Crippen molar-refractivity contribution in [2.24, 2.45) is 12.8 Å². The summed E-state index contributed by atoms with van der Waals surface area (Å²) < 4.78 is 5.65. The zero-order chi connectivity index (χ0) is 13.0. The van der Waals surface area contributed by atoms with Crippen LogP contribution in [0.1, 0.15) is 11.4 Å². The van der Waals surface area contributed by atoms with E-state index >= 15 is 0 Å². The molecule has 1 aromatic heterocycles. The Bertz CT molecular complexity index is 528. The highest BCUT2D eigenvalue weighted by Crippen LogP contribution is 2.27. The van der Waals surface area contributed by atoms with Crippen LogP contribution in [-0.4, -0.2) is 26.8 Å². The fourth-order valence-electron chi connectivity index (χ4n) is 1.58. The van der Waals surface area contributed by atoms with E-state index in [0.717, 1.165) is 5.56 Å². The number of tetrazole rings is 1. The molecule has 0 saturated carbocycles. The van der Waals surface area contributed by atoms with Crippen LogP contribution in [0, 0.1) is 0 Å². The van der Waals surface area contributed by atoms with Gasteiger partial charge in [-0.05, 0) is 30.3 Å². The zero-order valence-corrected chi connectivity index (χ0v) is 10.8. The lowest BCUT2D eigenvalue weighted by atomic mass is 10.1. The molecular weight excluding hydrogens is 254 g/mol. The summed E-state index contributed by atoms with van der Waals surface area (Å²) in [6.07, 6.45) is 0.670. The van der Waals surface area contributed by atoms with Gasteiger partial charge in [0.2, 0.25) is 5.82 Å². The van der Waals surface area contributed by atoms with Gasteiger partial charge in [-0.3, -0.25) is 0 Å². The summed E-state index contributed by atoms with van der Waals surface area (Å²) in [7, 11) is 1.70. The quantitative estimate of drug-likeness (QED) is 0.872. The van der Waals surface area contributed by atoms with Crippen LogP contribution in [0.4, 0.5) is 0 Å². The molecular formula is C11H14ClN5O. The second-order valence-electron chi connectivity index (χ2n) is 3.74. The van der Waals surface area contributed by atoms with Crippen LogP contribution < -0.4 is 10.5 Å². The van der Waals surface area contributed by atoms with Crippen LogP contribution in [-0.2, 0) is 20.1 Å². The first-order chi connectivity index (χ1) is 8.70. The molecule has 0 aliphatic heterocycles. The van der Waals surface area contributed by atoms with Crippen LogP contribution in [0.2, 0.25) is 5.02 Å². The van der Waals surface area contributed by atoms with Gasteiger partial charge in [-0.15, -0.1) is 10.2 Å². The molecule has 0 spiro atoms. The molecule has 1 aromatic carbocycles. The Morgan fingerprint density at radius 1 is 1.44 bits per heavy atom. The molecule has 0 amide bonds. The van der Waals surface area contributed by atoms with Crippen LogP contribution in [0.5, 0.6) is 5.75 Å². The van der Waals surface area contributed by atoms with E-state index in [1.54, 1.807) is 7.05 Å². The Balaban J connectivity index is 2.11. The number of nitrogens with two attached hydrogens (primary N) is 1. The van der Waals surface area contributed by atoms with E-state index in [4.69, 9.17) is 22.1 Å². The highest BCUT2D eigenvalue weighted by atomic mass is 35.5. The fourth-order valence-corrected chi connectivity index (χ4v) is 1.84. The Labute approximate surface area is 110 Å². The molecule has 0 unspecified atom stereocenters. The van der Waals surface area contributed by atoms with Crippen molar-refractivity contribution >= 4 is 11.6 Å². The Hall–Kier alpha value is -1.66. The Kier molecular flexibility index (Phi) is 4.11. The van der Waals surface area contributed by atoms with Gasteiger partial charge in [0.1, 0.15) is 5.75 Å². The number of aryl methyl sites for hydroxylation is 1. The first kappa shape index (κ1) is 12.8. The molecule has 96 valence electrons. The number of aromatic nitrogens is 4. The number of halogens is 1. The van der Waals surface area contributed by atoms with Gasteiger partial charge >= 0.3 is 0 Å². The fraction of sp³-hybridized carbons (Fsp3) is 0.364. The molecule has 0 radical (unpaired) electrons. The third-order valence-electron chi connectivity index (χ3n) is 2.38. The molecule has 2 rings (SSSR count). The molecule has 0 bridgehead atoms. The van der Waals surface area contributed by atoms with E-state index in [1.807, 2.05) is 18.2 Å². The molecule has 0 saturated heterocycles. The molecule has 18 heavy (non-hydrogen) atoms. The lowest BCUT2D eigenvalue weighted by Gasteiger charge is -2.10. The third kappa shape index (κ3) is 2.96. The van der Waals surface area contributed by atoms with E-state index in [-0.39, 0.29) is 6.61 Å². The van der Waals surface area contributed by atoms with Crippen molar-refractivity contribution < 1.29 is 4.74 Å². The lowest BCUT2D eigenvalue weighted by Crippen LogP contribution is -2.06. The van der Waals surface area contributed by atoms with Crippen LogP contribution in [0.25, 0.3) is 0 Å². The summed E-state index contributed by atoms with van der Waals surface area (Å²) in [5, 5.41) is 12.3. The first-order valence-corrected chi connectivity index (χ1v) is 5.91. The van der Waals surface area contributed by atoms with E-state index in [9.17, 15) is 0 Å². The van der Waals surface area contributed by atoms with Gasteiger partial charge in [-0.1, -0.05) is 17.7 Å². The summed E-state index contributed by atoms with van der Waals surface area (Å²) in [6, 6.07) is 5.51. The van der Waals surface area contributed by atoms with Gasteiger partial charge in [0.05, 0.1) is 7.05 Å². The van der Waals surface area contributed by atoms with Gasteiger partial charge < -0.3 is 10.5 Å².